The summed E-state index contributed by atoms with van der Waals surface area (Å²) in [6.07, 6.45) is 0. The molecule has 0 saturated carbocycles. The Bertz CT molecular complexity index is 1060. The molecular weight excluding hydrogens is 394 g/mol. The minimum Gasteiger partial charge on any atom is -0.298 e. The summed E-state index contributed by atoms with van der Waals surface area (Å²) in [6.45, 7) is 4.31. The number of carbonyl (C=O) groups is 1. The fourth-order valence-corrected chi connectivity index (χ4v) is 4.97. The van der Waals surface area contributed by atoms with Crippen LogP contribution in [-0.2, 0) is 10.0 Å². The SMILES string of the molecule is CCN(CC)S(=O)(=O)c1cccc(C(=O)Nc2nc(-c3ccccc3)cs2)c1. The van der Waals surface area contributed by atoms with E-state index in [2.05, 4.69) is 10.3 Å². The third-order valence-electron chi connectivity index (χ3n) is 4.23. The molecule has 0 atom stereocenters. The lowest BCUT2D eigenvalue weighted by molar-refractivity contribution is 0.102. The van der Waals surface area contributed by atoms with Crippen molar-refractivity contribution in [2.75, 3.05) is 18.4 Å². The van der Waals surface area contributed by atoms with Crippen LogP contribution in [0.4, 0.5) is 5.13 Å². The molecule has 8 heteroatoms. The van der Waals surface area contributed by atoms with Gasteiger partial charge in [-0.25, -0.2) is 13.4 Å². The van der Waals surface area contributed by atoms with Crippen LogP contribution < -0.4 is 5.32 Å². The summed E-state index contributed by atoms with van der Waals surface area (Å²) in [4.78, 5) is 17.1. The van der Waals surface area contributed by atoms with Crippen LogP contribution >= 0.6 is 11.3 Å². The molecule has 1 heterocycles. The third kappa shape index (κ3) is 4.30. The maximum Gasteiger partial charge on any atom is 0.257 e. The molecule has 2 aromatic carbocycles. The number of aromatic nitrogens is 1. The number of nitrogens with one attached hydrogen (secondary N) is 1. The Hall–Kier alpha value is -2.55. The highest BCUT2D eigenvalue weighted by Crippen LogP contribution is 2.25. The van der Waals surface area contributed by atoms with Crippen molar-refractivity contribution in [1.29, 1.82) is 0 Å². The molecule has 6 nitrogen and oxygen atoms in total. The number of amides is 1. The first-order chi connectivity index (χ1) is 13.5. The van der Waals surface area contributed by atoms with E-state index in [0.29, 0.717) is 18.2 Å². The molecule has 0 aliphatic heterocycles. The summed E-state index contributed by atoms with van der Waals surface area (Å²) in [7, 11) is -3.62. The predicted molar refractivity (Wildman–Crippen MR) is 112 cm³/mol. The summed E-state index contributed by atoms with van der Waals surface area (Å²) in [5.74, 6) is -0.398. The lowest BCUT2D eigenvalue weighted by Gasteiger charge is -2.18. The van der Waals surface area contributed by atoms with Gasteiger partial charge in [0, 0.05) is 29.6 Å². The van der Waals surface area contributed by atoms with Crippen molar-refractivity contribution in [2.45, 2.75) is 18.7 Å². The second-order valence-corrected chi connectivity index (χ2v) is 8.77. The number of nitrogens with zero attached hydrogens (tertiary/aromatic N) is 2. The fraction of sp³-hybridized carbons (Fsp3) is 0.200. The molecule has 0 bridgehead atoms. The maximum absolute atomic E-state index is 12.7. The molecule has 28 heavy (non-hydrogen) atoms. The lowest BCUT2D eigenvalue weighted by Crippen LogP contribution is -2.30. The molecule has 1 amide bonds. The fourth-order valence-electron chi connectivity index (χ4n) is 2.75. The number of benzene rings is 2. The number of carbonyl (C=O) groups excluding carboxylic acids is 1. The Morgan fingerprint density at radius 2 is 1.79 bits per heavy atom. The molecule has 0 fully saturated rings. The molecule has 146 valence electrons. The van der Waals surface area contributed by atoms with E-state index in [4.69, 9.17) is 0 Å². The molecule has 3 aromatic rings. The lowest BCUT2D eigenvalue weighted by atomic mass is 10.2. The van der Waals surface area contributed by atoms with Crippen LogP contribution in [-0.4, -0.2) is 36.7 Å². The molecule has 3 rings (SSSR count). The van der Waals surface area contributed by atoms with E-state index in [1.54, 1.807) is 26.0 Å². The van der Waals surface area contributed by atoms with E-state index in [1.165, 1.54) is 27.8 Å². The highest BCUT2D eigenvalue weighted by Gasteiger charge is 2.22. The van der Waals surface area contributed by atoms with Gasteiger partial charge in [-0.1, -0.05) is 50.2 Å². The number of hydrogen-bond acceptors (Lipinski definition) is 5. The van der Waals surface area contributed by atoms with Crippen LogP contribution in [0, 0.1) is 0 Å². The molecule has 0 aliphatic carbocycles. The van der Waals surface area contributed by atoms with E-state index in [9.17, 15) is 13.2 Å². The van der Waals surface area contributed by atoms with Gasteiger partial charge in [-0.15, -0.1) is 11.3 Å². The number of thiazole rings is 1. The van der Waals surface area contributed by atoms with Gasteiger partial charge in [0.15, 0.2) is 5.13 Å². The Morgan fingerprint density at radius 3 is 2.46 bits per heavy atom. The van der Waals surface area contributed by atoms with Gasteiger partial charge in [0.25, 0.3) is 5.91 Å². The number of rotatable bonds is 7. The van der Waals surface area contributed by atoms with Crippen LogP contribution in [0.2, 0.25) is 0 Å². The smallest absolute Gasteiger partial charge is 0.257 e. The van der Waals surface area contributed by atoms with Crippen LogP contribution in [0.3, 0.4) is 0 Å². The Balaban J connectivity index is 1.80. The van der Waals surface area contributed by atoms with Crippen LogP contribution in [0.25, 0.3) is 11.3 Å². The van der Waals surface area contributed by atoms with Crippen LogP contribution in [0.15, 0.2) is 64.9 Å². The van der Waals surface area contributed by atoms with Crippen LogP contribution in [0.5, 0.6) is 0 Å². The molecule has 1 N–H and O–H groups in total. The summed E-state index contributed by atoms with van der Waals surface area (Å²) < 4.78 is 26.7. The zero-order valence-electron chi connectivity index (χ0n) is 15.6. The molecule has 0 saturated heterocycles. The first kappa shape index (κ1) is 20.2. The second-order valence-electron chi connectivity index (χ2n) is 5.98. The van der Waals surface area contributed by atoms with Crippen molar-refractivity contribution in [1.82, 2.24) is 9.29 Å². The third-order valence-corrected chi connectivity index (χ3v) is 7.04. The first-order valence-corrected chi connectivity index (χ1v) is 11.2. The largest absolute Gasteiger partial charge is 0.298 e. The highest BCUT2D eigenvalue weighted by molar-refractivity contribution is 7.89. The Labute approximate surface area is 168 Å². The van der Waals surface area contributed by atoms with Gasteiger partial charge in [-0.3, -0.25) is 10.1 Å². The van der Waals surface area contributed by atoms with E-state index in [0.717, 1.165) is 11.3 Å². The van der Waals surface area contributed by atoms with E-state index in [1.807, 2.05) is 35.7 Å². The van der Waals surface area contributed by atoms with Gasteiger partial charge < -0.3 is 0 Å². The van der Waals surface area contributed by atoms with Crippen molar-refractivity contribution in [3.05, 3.63) is 65.5 Å². The predicted octanol–water partition coefficient (Wildman–Crippen LogP) is 4.09. The van der Waals surface area contributed by atoms with Crippen molar-refractivity contribution in [3.63, 3.8) is 0 Å². The molecule has 0 aliphatic rings. The number of anilines is 1. The first-order valence-electron chi connectivity index (χ1n) is 8.88. The van der Waals surface area contributed by atoms with Crippen molar-refractivity contribution < 1.29 is 13.2 Å². The summed E-state index contributed by atoms with van der Waals surface area (Å²) in [5.41, 5.74) is 2.01. The number of hydrogen-bond donors (Lipinski definition) is 1. The van der Waals surface area contributed by atoms with Crippen molar-refractivity contribution in [3.8, 4) is 11.3 Å². The second kappa shape index (κ2) is 8.64. The van der Waals surface area contributed by atoms with Gasteiger partial charge in [0.2, 0.25) is 10.0 Å². The topological polar surface area (TPSA) is 79.4 Å². The maximum atomic E-state index is 12.7. The summed E-state index contributed by atoms with van der Waals surface area (Å²) in [5, 5.41) is 5.07. The van der Waals surface area contributed by atoms with Crippen molar-refractivity contribution >= 4 is 32.4 Å². The Morgan fingerprint density at radius 1 is 1.07 bits per heavy atom. The van der Waals surface area contributed by atoms with E-state index >= 15 is 0 Å². The quantitative estimate of drug-likeness (QED) is 0.630. The van der Waals surface area contributed by atoms with E-state index in [-0.39, 0.29) is 10.5 Å². The van der Waals surface area contributed by atoms with Gasteiger partial charge in [-0.05, 0) is 18.2 Å². The normalized spacial score (nSPS) is 11.5. The highest BCUT2D eigenvalue weighted by atomic mass is 32.2. The molecule has 1 aromatic heterocycles. The number of sulfonamides is 1. The molecule has 0 radical (unpaired) electrons. The zero-order valence-corrected chi connectivity index (χ0v) is 17.3. The van der Waals surface area contributed by atoms with Gasteiger partial charge in [0.1, 0.15) is 0 Å². The minimum absolute atomic E-state index is 0.105. The average molecular weight is 416 g/mol. The minimum atomic E-state index is -3.62. The van der Waals surface area contributed by atoms with Gasteiger partial charge in [0.05, 0.1) is 10.6 Å². The summed E-state index contributed by atoms with van der Waals surface area (Å²) in [6, 6.07) is 15.7. The van der Waals surface area contributed by atoms with Gasteiger partial charge in [-0.2, -0.15) is 4.31 Å². The zero-order chi connectivity index (χ0) is 20.1. The van der Waals surface area contributed by atoms with E-state index < -0.39 is 15.9 Å². The summed E-state index contributed by atoms with van der Waals surface area (Å²) >= 11 is 1.32. The van der Waals surface area contributed by atoms with Gasteiger partial charge >= 0.3 is 0 Å². The monoisotopic (exact) mass is 415 g/mol. The standard InChI is InChI=1S/C20H21N3O3S2/c1-3-23(4-2)28(25,26)17-12-8-11-16(13-17)19(24)22-20-21-18(14-27-20)15-9-6-5-7-10-15/h5-14H,3-4H2,1-2H3,(H,21,22,24). The molecular formula is C20H21N3O3S2. The van der Waals surface area contributed by atoms with Crippen molar-refractivity contribution in [2.24, 2.45) is 0 Å². The van der Waals surface area contributed by atoms with Crippen LogP contribution in [0.1, 0.15) is 24.2 Å². The molecule has 0 spiro atoms. The molecule has 0 unspecified atom stereocenters. The Kier molecular flexibility index (Phi) is 6.23. The average Bonchev–Trinajstić information content (AvgIpc) is 3.18.